The molecule has 0 aromatic heterocycles. The summed E-state index contributed by atoms with van der Waals surface area (Å²) >= 11 is 0. The van der Waals surface area contributed by atoms with Crippen LogP contribution < -0.4 is 11.1 Å². The fourth-order valence-electron chi connectivity index (χ4n) is 4.35. The van der Waals surface area contributed by atoms with E-state index in [2.05, 4.69) is 33.0 Å². The summed E-state index contributed by atoms with van der Waals surface area (Å²) in [6.45, 7) is 8.67. The average Bonchev–Trinajstić information content (AvgIpc) is 2.63. The van der Waals surface area contributed by atoms with Crippen molar-refractivity contribution in [3.8, 4) is 0 Å². The van der Waals surface area contributed by atoms with Crippen molar-refractivity contribution in [3.63, 3.8) is 0 Å². The van der Waals surface area contributed by atoms with Gasteiger partial charge in [0.2, 0.25) is 5.91 Å². The number of hydrogen-bond acceptors (Lipinski definition) is 2. The highest BCUT2D eigenvalue weighted by molar-refractivity contribution is 5.79. The van der Waals surface area contributed by atoms with Crippen molar-refractivity contribution in [2.75, 3.05) is 0 Å². The number of rotatable bonds is 2. The molecule has 3 nitrogen and oxygen atoms in total. The molecule has 2 aliphatic carbocycles. The van der Waals surface area contributed by atoms with Gasteiger partial charge in [-0.1, -0.05) is 53.4 Å². The van der Waals surface area contributed by atoms with Crippen molar-refractivity contribution in [2.24, 2.45) is 22.5 Å². The normalized spacial score (nSPS) is 34.2. The second kappa shape index (κ2) is 5.08. The van der Waals surface area contributed by atoms with E-state index in [9.17, 15) is 4.79 Å². The maximum atomic E-state index is 12.5. The van der Waals surface area contributed by atoms with Gasteiger partial charge in [0.25, 0.3) is 0 Å². The molecule has 2 fully saturated rings. The number of carbonyl (C=O) groups is 1. The van der Waals surface area contributed by atoms with Gasteiger partial charge in [0, 0.05) is 28.8 Å². The van der Waals surface area contributed by atoms with Gasteiger partial charge < -0.3 is 11.1 Å². The van der Waals surface area contributed by atoms with Crippen LogP contribution in [0, 0.1) is 16.7 Å². The number of hydrogen-bond donors (Lipinski definition) is 2. The van der Waals surface area contributed by atoms with Crippen molar-refractivity contribution in [2.45, 2.75) is 78.3 Å². The van der Waals surface area contributed by atoms with Crippen LogP contribution in [0.15, 0.2) is 0 Å². The van der Waals surface area contributed by atoms with Crippen LogP contribution in [0.4, 0.5) is 0 Å². The zero-order chi connectivity index (χ0) is 14.3. The van der Waals surface area contributed by atoms with Crippen LogP contribution in [0.1, 0.15) is 66.2 Å². The van der Waals surface area contributed by atoms with E-state index in [0.29, 0.717) is 0 Å². The van der Waals surface area contributed by atoms with E-state index >= 15 is 0 Å². The Hall–Kier alpha value is -0.570. The van der Waals surface area contributed by atoms with Gasteiger partial charge in [-0.3, -0.25) is 4.79 Å². The highest BCUT2D eigenvalue weighted by atomic mass is 16.2. The predicted molar refractivity (Wildman–Crippen MR) is 78.7 cm³/mol. The molecule has 0 heterocycles. The smallest absolute Gasteiger partial charge is 0.223 e. The summed E-state index contributed by atoms with van der Waals surface area (Å²) in [7, 11) is 0. The van der Waals surface area contributed by atoms with Crippen molar-refractivity contribution in [1.29, 1.82) is 0 Å². The molecule has 2 rings (SSSR count). The first-order valence-corrected chi connectivity index (χ1v) is 7.84. The van der Waals surface area contributed by atoms with Gasteiger partial charge in [-0.15, -0.1) is 0 Å². The van der Waals surface area contributed by atoms with E-state index in [1.54, 1.807) is 0 Å². The molecule has 110 valence electrons. The van der Waals surface area contributed by atoms with Gasteiger partial charge in [-0.2, -0.15) is 0 Å². The standard InChI is InChI=1S/C16H30N2O/c1-15(2)13(17)16(3,4)14(15)18-12(19)11-9-7-5-6-8-10-11/h11,13-14H,5-10,17H2,1-4H3,(H,18,19). The first kappa shape index (κ1) is 14.8. The van der Waals surface area contributed by atoms with Crippen LogP contribution in [-0.2, 0) is 4.79 Å². The Kier molecular flexibility index (Phi) is 3.97. The highest BCUT2D eigenvalue weighted by Gasteiger charge is 2.60. The lowest BCUT2D eigenvalue weighted by atomic mass is 9.48. The van der Waals surface area contributed by atoms with Gasteiger partial charge >= 0.3 is 0 Å². The predicted octanol–water partition coefficient (Wildman–Crippen LogP) is 2.83. The van der Waals surface area contributed by atoms with Crippen molar-refractivity contribution in [1.82, 2.24) is 5.32 Å². The SMILES string of the molecule is CC1(C)C(N)C(C)(C)C1NC(=O)C1CCCCCC1. The summed E-state index contributed by atoms with van der Waals surface area (Å²) < 4.78 is 0. The molecule has 0 radical (unpaired) electrons. The highest BCUT2D eigenvalue weighted by Crippen LogP contribution is 2.52. The maximum Gasteiger partial charge on any atom is 0.223 e. The fraction of sp³-hybridized carbons (Fsp3) is 0.938. The van der Waals surface area contributed by atoms with E-state index in [1.165, 1.54) is 25.7 Å². The summed E-state index contributed by atoms with van der Waals surface area (Å²) in [5.41, 5.74) is 6.26. The van der Waals surface area contributed by atoms with E-state index in [4.69, 9.17) is 5.73 Å². The van der Waals surface area contributed by atoms with E-state index < -0.39 is 0 Å². The van der Waals surface area contributed by atoms with Crippen LogP contribution in [0.3, 0.4) is 0 Å². The molecule has 0 aromatic carbocycles. The van der Waals surface area contributed by atoms with Crippen LogP contribution in [0.2, 0.25) is 0 Å². The summed E-state index contributed by atoms with van der Waals surface area (Å²) in [5, 5.41) is 3.31. The fourth-order valence-corrected chi connectivity index (χ4v) is 4.35. The van der Waals surface area contributed by atoms with Gasteiger partial charge in [-0.05, 0) is 12.8 Å². The summed E-state index contributed by atoms with van der Waals surface area (Å²) in [5.74, 6) is 0.492. The summed E-state index contributed by atoms with van der Waals surface area (Å²) in [4.78, 5) is 12.5. The van der Waals surface area contributed by atoms with E-state index in [0.717, 1.165) is 12.8 Å². The van der Waals surface area contributed by atoms with Crippen LogP contribution >= 0.6 is 0 Å². The van der Waals surface area contributed by atoms with Crippen molar-refractivity contribution >= 4 is 5.91 Å². The lowest BCUT2D eigenvalue weighted by molar-refractivity contribution is -0.136. The second-order valence-electron chi connectivity index (χ2n) is 7.75. The molecule has 2 aliphatic rings. The first-order valence-electron chi connectivity index (χ1n) is 7.84. The molecule has 0 saturated heterocycles. The monoisotopic (exact) mass is 266 g/mol. The second-order valence-corrected chi connectivity index (χ2v) is 7.75. The molecular formula is C16H30N2O. The minimum absolute atomic E-state index is 0.00386. The number of nitrogens with one attached hydrogen (secondary N) is 1. The Morgan fingerprint density at radius 2 is 1.47 bits per heavy atom. The molecule has 0 spiro atoms. The Morgan fingerprint density at radius 3 is 1.95 bits per heavy atom. The summed E-state index contributed by atoms with van der Waals surface area (Å²) in [6.07, 6.45) is 7.10. The van der Waals surface area contributed by atoms with Gasteiger partial charge in [0.1, 0.15) is 0 Å². The molecule has 19 heavy (non-hydrogen) atoms. The van der Waals surface area contributed by atoms with Crippen LogP contribution in [0.5, 0.6) is 0 Å². The van der Waals surface area contributed by atoms with E-state index in [-0.39, 0.29) is 34.7 Å². The lowest BCUT2D eigenvalue weighted by Gasteiger charge is -2.63. The van der Waals surface area contributed by atoms with Gasteiger partial charge in [-0.25, -0.2) is 0 Å². The molecule has 0 atom stereocenters. The third kappa shape index (κ3) is 2.54. The first-order chi connectivity index (χ1) is 8.78. The number of nitrogens with two attached hydrogens (primary N) is 1. The maximum absolute atomic E-state index is 12.5. The Morgan fingerprint density at radius 1 is 1.00 bits per heavy atom. The quantitative estimate of drug-likeness (QED) is 0.755. The van der Waals surface area contributed by atoms with Crippen molar-refractivity contribution < 1.29 is 4.79 Å². The van der Waals surface area contributed by atoms with Crippen LogP contribution in [0.25, 0.3) is 0 Å². The number of amides is 1. The Labute approximate surface area is 117 Å². The number of carbonyl (C=O) groups excluding carboxylic acids is 1. The molecule has 3 N–H and O–H groups in total. The Bertz CT molecular complexity index is 325. The molecule has 0 aromatic rings. The molecule has 1 amide bonds. The molecule has 0 unspecified atom stereocenters. The van der Waals surface area contributed by atoms with E-state index in [1.807, 2.05) is 0 Å². The molecule has 0 bridgehead atoms. The largest absolute Gasteiger partial charge is 0.352 e. The minimum atomic E-state index is 0.00386. The molecular weight excluding hydrogens is 236 g/mol. The molecule has 3 heteroatoms. The topological polar surface area (TPSA) is 55.1 Å². The lowest BCUT2D eigenvalue weighted by Crippen LogP contribution is -2.76. The average molecular weight is 266 g/mol. The third-order valence-electron chi connectivity index (χ3n) is 5.60. The van der Waals surface area contributed by atoms with Gasteiger partial charge in [0.05, 0.1) is 0 Å². The van der Waals surface area contributed by atoms with Gasteiger partial charge in [0.15, 0.2) is 0 Å². The van der Waals surface area contributed by atoms with Crippen molar-refractivity contribution in [3.05, 3.63) is 0 Å². The Balaban J connectivity index is 1.98. The molecule has 0 aliphatic heterocycles. The summed E-state index contributed by atoms with van der Waals surface area (Å²) in [6, 6.07) is 0.352. The van der Waals surface area contributed by atoms with Crippen LogP contribution in [-0.4, -0.2) is 18.0 Å². The zero-order valence-electron chi connectivity index (χ0n) is 13.0. The minimum Gasteiger partial charge on any atom is -0.352 e. The zero-order valence-corrected chi connectivity index (χ0v) is 13.0. The third-order valence-corrected chi connectivity index (χ3v) is 5.60. The molecule has 2 saturated carbocycles.